The first-order valence-electron chi connectivity index (χ1n) is 13.4. The zero-order valence-corrected chi connectivity index (χ0v) is 24.1. The van der Waals surface area contributed by atoms with Gasteiger partial charge < -0.3 is 26.2 Å². The molecule has 0 radical (unpaired) electrons. The van der Waals surface area contributed by atoms with E-state index in [1.165, 1.54) is 29.3 Å². The Labute approximate surface area is 237 Å². The average Bonchev–Trinajstić information content (AvgIpc) is 3.53. The van der Waals surface area contributed by atoms with Crippen molar-refractivity contribution in [2.24, 2.45) is 0 Å². The van der Waals surface area contributed by atoms with Gasteiger partial charge in [-0.15, -0.1) is 11.8 Å². The fraction of sp³-hybridized carbons (Fsp3) is 0.680. The molecule has 2 fully saturated rings. The standard InChI is InChI=1S/C25H40N6O6S2/c1-15(32)16(26-2)13-39-19-12-22(35)31(24(19)36)11-7-3-4-9-20(33)29-30-21(34)10-6-5-8-18-23-17(14-38-18)27-25(37)28-23/h12,16-18,23,26,35-36H,3-11,13-14H2,1-2H3,(H,29,33)(H,30,34)(H2,27,28,37)/t16-,17-,18-,23-/m0/s1. The predicted octanol–water partition coefficient (Wildman–Crippen LogP) is 1.60. The Morgan fingerprint density at radius 2 is 1.79 bits per heavy atom. The van der Waals surface area contributed by atoms with Gasteiger partial charge in [-0.3, -0.25) is 29.8 Å². The van der Waals surface area contributed by atoms with Crippen LogP contribution in [0.4, 0.5) is 4.79 Å². The van der Waals surface area contributed by atoms with Gasteiger partial charge in [-0.05, 0) is 39.7 Å². The van der Waals surface area contributed by atoms with E-state index in [0.717, 1.165) is 18.6 Å². The van der Waals surface area contributed by atoms with Crippen molar-refractivity contribution in [3.8, 4) is 11.8 Å². The monoisotopic (exact) mass is 584 g/mol. The first-order chi connectivity index (χ1) is 18.7. The Kier molecular flexibility index (Phi) is 12.1. The number of thioether (sulfide) groups is 2. The molecule has 3 rings (SSSR count). The first-order valence-corrected chi connectivity index (χ1v) is 15.4. The van der Waals surface area contributed by atoms with Gasteiger partial charge in [0.25, 0.3) is 0 Å². The van der Waals surface area contributed by atoms with Crippen LogP contribution in [-0.4, -0.2) is 80.3 Å². The molecule has 4 atom stereocenters. The molecule has 0 aliphatic carbocycles. The molecule has 7 N–H and O–H groups in total. The molecule has 3 heterocycles. The van der Waals surface area contributed by atoms with Crippen LogP contribution in [-0.2, 0) is 20.9 Å². The molecule has 1 aromatic heterocycles. The van der Waals surface area contributed by atoms with Crippen LogP contribution in [0.25, 0.3) is 0 Å². The van der Waals surface area contributed by atoms with Gasteiger partial charge in [0.1, 0.15) is 5.78 Å². The summed E-state index contributed by atoms with van der Waals surface area (Å²) in [5.74, 6) is 0.775. The van der Waals surface area contributed by atoms with Crippen molar-refractivity contribution >= 4 is 47.2 Å². The van der Waals surface area contributed by atoms with E-state index in [-0.39, 0.29) is 59.9 Å². The normalized spacial score (nSPS) is 20.7. The smallest absolute Gasteiger partial charge is 0.315 e. The second kappa shape index (κ2) is 15.3. The molecule has 4 amide bonds. The largest absolute Gasteiger partial charge is 0.494 e. The van der Waals surface area contributed by atoms with Crippen molar-refractivity contribution in [1.82, 2.24) is 31.4 Å². The number of aromatic nitrogens is 1. The van der Waals surface area contributed by atoms with Crippen LogP contribution in [0.1, 0.15) is 58.3 Å². The average molecular weight is 585 g/mol. The molecule has 14 heteroatoms. The number of nitrogens with zero attached hydrogens (tertiary/aromatic N) is 1. The lowest BCUT2D eigenvalue weighted by Crippen LogP contribution is -2.41. The topological polar surface area (TPSA) is 174 Å². The third-order valence-electron chi connectivity index (χ3n) is 6.97. The van der Waals surface area contributed by atoms with E-state index in [9.17, 15) is 29.4 Å². The van der Waals surface area contributed by atoms with Crippen LogP contribution in [0.2, 0.25) is 0 Å². The van der Waals surface area contributed by atoms with Gasteiger partial charge in [-0.1, -0.05) is 12.8 Å². The molecule has 12 nitrogen and oxygen atoms in total. The molecular formula is C25H40N6O6S2. The number of unbranched alkanes of at least 4 members (excludes halogenated alkanes) is 3. The third kappa shape index (κ3) is 9.24. The summed E-state index contributed by atoms with van der Waals surface area (Å²) >= 11 is 3.15. The zero-order chi connectivity index (χ0) is 28.4. The van der Waals surface area contributed by atoms with E-state index in [1.807, 2.05) is 11.8 Å². The molecule has 0 saturated carbocycles. The van der Waals surface area contributed by atoms with Crippen molar-refractivity contribution in [2.75, 3.05) is 18.6 Å². The Bertz CT molecular complexity index is 1020. The van der Waals surface area contributed by atoms with E-state index in [0.29, 0.717) is 54.5 Å². The number of hydrogen-bond donors (Lipinski definition) is 7. The number of carbonyl (C=O) groups excluding carboxylic acids is 4. The van der Waals surface area contributed by atoms with Gasteiger partial charge in [-0.2, -0.15) is 11.8 Å². The molecule has 218 valence electrons. The molecule has 0 aromatic carbocycles. The maximum absolute atomic E-state index is 12.0. The second-order valence-electron chi connectivity index (χ2n) is 9.88. The Morgan fingerprint density at radius 3 is 2.46 bits per heavy atom. The molecule has 2 aliphatic heterocycles. The molecule has 2 saturated heterocycles. The number of ketones is 1. The van der Waals surface area contributed by atoms with Crippen LogP contribution in [0, 0.1) is 0 Å². The minimum atomic E-state index is -0.332. The number of amides is 4. The highest BCUT2D eigenvalue weighted by molar-refractivity contribution is 8.00. The highest BCUT2D eigenvalue weighted by atomic mass is 32.2. The summed E-state index contributed by atoms with van der Waals surface area (Å²) in [6, 6.07) is 1.42. The maximum Gasteiger partial charge on any atom is 0.315 e. The third-order valence-corrected chi connectivity index (χ3v) is 9.59. The van der Waals surface area contributed by atoms with E-state index in [2.05, 4.69) is 26.8 Å². The summed E-state index contributed by atoms with van der Waals surface area (Å²) in [7, 11) is 1.70. The van der Waals surface area contributed by atoms with E-state index < -0.39 is 0 Å². The van der Waals surface area contributed by atoms with Crippen molar-refractivity contribution in [2.45, 2.75) is 93.1 Å². The van der Waals surface area contributed by atoms with Crippen molar-refractivity contribution in [1.29, 1.82) is 0 Å². The fourth-order valence-corrected chi connectivity index (χ4v) is 7.39. The molecular weight excluding hydrogens is 544 g/mol. The van der Waals surface area contributed by atoms with Gasteiger partial charge in [0.2, 0.25) is 17.7 Å². The number of likely N-dealkylation sites (N-methyl/N-ethyl adjacent to an activating group) is 1. The van der Waals surface area contributed by atoms with E-state index >= 15 is 0 Å². The fourth-order valence-electron chi connectivity index (χ4n) is 4.68. The van der Waals surface area contributed by atoms with Crippen LogP contribution >= 0.6 is 23.5 Å². The summed E-state index contributed by atoms with van der Waals surface area (Å²) in [5, 5.41) is 29.8. The van der Waals surface area contributed by atoms with Crippen LogP contribution in [0.15, 0.2) is 11.0 Å². The SMILES string of the molecule is CN[C@@H](CSc1cc(O)n(CCCCCC(=O)NNC(=O)CCCC[C@@H]2SC[C@@H]3NC(=O)N[C@@H]32)c1O)C(C)=O. The van der Waals surface area contributed by atoms with E-state index in [4.69, 9.17) is 0 Å². The zero-order valence-electron chi connectivity index (χ0n) is 22.5. The highest BCUT2D eigenvalue weighted by Crippen LogP contribution is 2.36. The number of hydrogen-bond acceptors (Lipinski definition) is 9. The van der Waals surface area contributed by atoms with Crippen molar-refractivity contribution in [3.05, 3.63) is 6.07 Å². The van der Waals surface area contributed by atoms with Gasteiger partial charge in [-0.25, -0.2) is 4.79 Å². The van der Waals surface area contributed by atoms with E-state index in [1.54, 1.807) is 7.05 Å². The molecule has 2 aliphatic rings. The summed E-state index contributed by atoms with van der Waals surface area (Å²) in [5.41, 5.74) is 4.91. The van der Waals surface area contributed by atoms with Gasteiger partial charge in [0, 0.05) is 42.2 Å². The van der Waals surface area contributed by atoms with Gasteiger partial charge in [0.05, 0.1) is 23.0 Å². The number of hydrazine groups is 1. The summed E-state index contributed by atoms with van der Waals surface area (Å²) in [6.07, 6.45) is 5.04. The number of carbonyl (C=O) groups is 4. The number of urea groups is 1. The lowest BCUT2D eigenvalue weighted by atomic mass is 10.0. The second-order valence-corrected chi connectivity index (χ2v) is 12.2. The summed E-state index contributed by atoms with van der Waals surface area (Å²) < 4.78 is 1.41. The number of Topliss-reactive ketones (excluding diaryl/α,β-unsaturated/α-hetero) is 1. The molecule has 0 spiro atoms. The minimum Gasteiger partial charge on any atom is -0.494 e. The van der Waals surface area contributed by atoms with Crippen molar-refractivity contribution in [3.63, 3.8) is 0 Å². The van der Waals surface area contributed by atoms with Crippen LogP contribution in [0.5, 0.6) is 11.8 Å². The Morgan fingerprint density at radius 1 is 1.10 bits per heavy atom. The van der Waals surface area contributed by atoms with Crippen molar-refractivity contribution < 1.29 is 29.4 Å². The Balaban J connectivity index is 1.22. The Hall–Kier alpha value is -2.58. The van der Waals surface area contributed by atoms with Gasteiger partial charge in [0.15, 0.2) is 5.88 Å². The molecule has 1 aromatic rings. The predicted molar refractivity (Wildman–Crippen MR) is 151 cm³/mol. The molecule has 39 heavy (non-hydrogen) atoms. The summed E-state index contributed by atoms with van der Waals surface area (Å²) in [4.78, 5) is 47.6. The number of fused-ring (bicyclic) bond motifs is 1. The first kappa shape index (κ1) is 31.0. The highest BCUT2D eigenvalue weighted by Gasteiger charge is 2.42. The summed E-state index contributed by atoms with van der Waals surface area (Å²) in [6.45, 7) is 1.89. The molecule has 0 unspecified atom stereocenters. The maximum atomic E-state index is 12.0. The quantitative estimate of drug-likeness (QED) is 0.0659. The number of rotatable bonds is 16. The number of aromatic hydroxyl groups is 2. The lowest BCUT2D eigenvalue weighted by Gasteiger charge is -2.16. The number of nitrogens with one attached hydrogen (secondary N) is 5. The van der Waals surface area contributed by atoms with Crippen LogP contribution in [0.3, 0.4) is 0 Å². The lowest BCUT2D eigenvalue weighted by molar-refractivity contribution is -0.129. The minimum absolute atomic E-state index is 0.00351. The van der Waals surface area contributed by atoms with Crippen LogP contribution < -0.4 is 26.8 Å². The molecule has 0 bridgehead atoms. The van der Waals surface area contributed by atoms with Gasteiger partial charge >= 0.3 is 6.03 Å².